The lowest BCUT2D eigenvalue weighted by Gasteiger charge is -2.17. The molecule has 2 amide bonds. The van der Waals surface area contributed by atoms with Gasteiger partial charge in [0.25, 0.3) is 0 Å². The fourth-order valence-electron chi connectivity index (χ4n) is 3.45. The summed E-state index contributed by atoms with van der Waals surface area (Å²) in [6.45, 7) is 5.03. The molecule has 0 unspecified atom stereocenters. The highest BCUT2D eigenvalue weighted by Gasteiger charge is 2.29. The van der Waals surface area contributed by atoms with Crippen LogP contribution < -0.4 is 5.32 Å². The zero-order valence-corrected chi connectivity index (χ0v) is 21.0. The van der Waals surface area contributed by atoms with Gasteiger partial charge in [0.1, 0.15) is 6.54 Å². The van der Waals surface area contributed by atoms with Crippen LogP contribution in [0.2, 0.25) is 0 Å². The molecule has 0 saturated carbocycles. The number of carbonyl (C=O) groups is 5. The molecule has 36 heavy (non-hydrogen) atoms. The van der Waals surface area contributed by atoms with E-state index in [1.54, 1.807) is 26.0 Å². The van der Waals surface area contributed by atoms with Crippen LogP contribution >= 0.6 is 11.8 Å². The van der Waals surface area contributed by atoms with Gasteiger partial charge in [-0.1, -0.05) is 36.0 Å². The van der Waals surface area contributed by atoms with E-state index < -0.39 is 17.8 Å². The van der Waals surface area contributed by atoms with E-state index in [9.17, 15) is 24.0 Å². The number of allylic oxidation sites excluding steroid dienone is 1. The summed E-state index contributed by atoms with van der Waals surface area (Å²) in [7, 11) is 0. The van der Waals surface area contributed by atoms with Crippen molar-refractivity contribution < 1.29 is 33.4 Å². The number of ether oxygens (including phenoxy) is 2. The smallest absolute Gasteiger partial charge is 0.338 e. The van der Waals surface area contributed by atoms with Crippen LogP contribution in [0.3, 0.4) is 0 Å². The Hall–Kier alpha value is -3.92. The van der Waals surface area contributed by atoms with Crippen molar-refractivity contribution in [1.29, 1.82) is 0 Å². The summed E-state index contributed by atoms with van der Waals surface area (Å²) in [5.41, 5.74) is 1.60. The maximum absolute atomic E-state index is 12.8. The van der Waals surface area contributed by atoms with Crippen LogP contribution in [0.1, 0.15) is 50.5 Å². The standard InChI is InChI=1S/C26H26N2O7S/c1-4-34-25(32)17-10-18(26(33)35-5-2)12-19(11-17)27-22(30)14-28-23(31)15-36-24(28)13-21(29)20-9-7-6-8-16(20)3/h6-13H,4-5,14-15H2,1-3H3,(H,27,30)/b24-13-. The summed E-state index contributed by atoms with van der Waals surface area (Å²) in [6, 6.07) is 11.2. The molecule has 1 aliphatic heterocycles. The van der Waals surface area contributed by atoms with Crippen LogP contribution in [0.25, 0.3) is 0 Å². The van der Waals surface area contributed by atoms with Gasteiger partial charge in [0, 0.05) is 17.3 Å². The average molecular weight is 511 g/mol. The van der Waals surface area contributed by atoms with Gasteiger partial charge in [0.2, 0.25) is 11.8 Å². The van der Waals surface area contributed by atoms with Gasteiger partial charge in [-0.15, -0.1) is 0 Å². The number of hydrogen-bond donors (Lipinski definition) is 1. The summed E-state index contributed by atoms with van der Waals surface area (Å²) in [6.07, 6.45) is 1.35. The molecule has 1 fully saturated rings. The molecule has 0 spiro atoms. The molecule has 1 saturated heterocycles. The number of aryl methyl sites for hydroxylation is 1. The van der Waals surface area contributed by atoms with E-state index in [1.165, 1.54) is 40.9 Å². The molecule has 188 valence electrons. The van der Waals surface area contributed by atoms with Crippen molar-refractivity contribution in [3.8, 4) is 0 Å². The molecule has 3 rings (SSSR count). The third-order valence-corrected chi connectivity index (χ3v) is 6.14. The lowest BCUT2D eigenvalue weighted by molar-refractivity contribution is -0.129. The lowest BCUT2D eigenvalue weighted by atomic mass is 10.1. The molecule has 2 aromatic rings. The molecule has 1 N–H and O–H groups in total. The zero-order chi connectivity index (χ0) is 26.2. The van der Waals surface area contributed by atoms with E-state index >= 15 is 0 Å². The van der Waals surface area contributed by atoms with Gasteiger partial charge in [-0.05, 0) is 44.5 Å². The lowest BCUT2D eigenvalue weighted by Crippen LogP contribution is -2.34. The van der Waals surface area contributed by atoms with Crippen molar-refractivity contribution in [2.45, 2.75) is 20.8 Å². The van der Waals surface area contributed by atoms with E-state index in [-0.39, 0.29) is 54.0 Å². The Morgan fingerprint density at radius 2 is 1.61 bits per heavy atom. The van der Waals surface area contributed by atoms with Gasteiger partial charge in [-0.3, -0.25) is 19.3 Å². The highest BCUT2D eigenvalue weighted by atomic mass is 32.2. The topological polar surface area (TPSA) is 119 Å². The molecular formula is C26H26N2O7S. The summed E-state index contributed by atoms with van der Waals surface area (Å²) >= 11 is 1.17. The number of esters is 2. The predicted octanol–water partition coefficient (Wildman–Crippen LogP) is 3.59. The quantitative estimate of drug-likeness (QED) is 0.309. The Bertz CT molecular complexity index is 1200. The molecule has 0 aromatic heterocycles. The Labute approximate surface area is 212 Å². The predicted molar refractivity (Wildman–Crippen MR) is 135 cm³/mol. The van der Waals surface area contributed by atoms with E-state index in [4.69, 9.17) is 9.47 Å². The van der Waals surface area contributed by atoms with E-state index in [0.29, 0.717) is 10.6 Å². The SMILES string of the molecule is CCOC(=O)c1cc(NC(=O)CN2C(=O)CS/C2=C\C(=O)c2ccccc2C)cc(C(=O)OCC)c1. The second kappa shape index (κ2) is 12.2. The molecule has 0 atom stereocenters. The van der Waals surface area contributed by atoms with Crippen LogP contribution in [0.4, 0.5) is 5.69 Å². The van der Waals surface area contributed by atoms with Crippen molar-refractivity contribution >= 4 is 47.0 Å². The van der Waals surface area contributed by atoms with Crippen molar-refractivity contribution in [3.63, 3.8) is 0 Å². The van der Waals surface area contributed by atoms with Gasteiger partial charge in [-0.25, -0.2) is 9.59 Å². The zero-order valence-electron chi connectivity index (χ0n) is 20.2. The summed E-state index contributed by atoms with van der Waals surface area (Å²) < 4.78 is 10.0. The maximum atomic E-state index is 12.8. The van der Waals surface area contributed by atoms with Gasteiger partial charge in [0.05, 0.1) is 35.1 Å². The minimum atomic E-state index is -0.662. The number of benzene rings is 2. The van der Waals surface area contributed by atoms with Crippen molar-refractivity contribution in [2.75, 3.05) is 30.8 Å². The number of nitrogens with zero attached hydrogens (tertiary/aromatic N) is 1. The summed E-state index contributed by atoms with van der Waals surface area (Å²) in [5, 5.41) is 2.98. The minimum Gasteiger partial charge on any atom is -0.462 e. The van der Waals surface area contributed by atoms with Crippen molar-refractivity contribution in [2.24, 2.45) is 0 Å². The van der Waals surface area contributed by atoms with Gasteiger partial charge in [-0.2, -0.15) is 0 Å². The Morgan fingerprint density at radius 3 is 2.19 bits per heavy atom. The van der Waals surface area contributed by atoms with Crippen LogP contribution in [-0.4, -0.2) is 59.9 Å². The number of amides is 2. The van der Waals surface area contributed by atoms with E-state index in [0.717, 1.165) is 5.56 Å². The second-order valence-corrected chi connectivity index (χ2v) is 8.71. The first-order valence-electron chi connectivity index (χ1n) is 11.3. The molecule has 10 heteroatoms. The number of nitrogens with one attached hydrogen (secondary N) is 1. The summed E-state index contributed by atoms with van der Waals surface area (Å²) in [4.78, 5) is 63.7. The average Bonchev–Trinajstić information content (AvgIpc) is 3.17. The second-order valence-electron chi connectivity index (χ2n) is 7.72. The molecule has 0 radical (unpaired) electrons. The first kappa shape index (κ1) is 26.7. The maximum Gasteiger partial charge on any atom is 0.338 e. The number of hydrogen-bond acceptors (Lipinski definition) is 8. The fraction of sp³-hybridized carbons (Fsp3) is 0.269. The van der Waals surface area contributed by atoms with Gasteiger partial charge >= 0.3 is 11.9 Å². The van der Waals surface area contributed by atoms with Crippen LogP contribution in [0, 0.1) is 6.92 Å². The highest BCUT2D eigenvalue weighted by molar-refractivity contribution is 8.04. The first-order valence-corrected chi connectivity index (χ1v) is 12.3. The third kappa shape index (κ3) is 6.60. The van der Waals surface area contributed by atoms with E-state index in [1.807, 2.05) is 19.1 Å². The molecule has 2 aromatic carbocycles. The van der Waals surface area contributed by atoms with Crippen molar-refractivity contribution in [1.82, 2.24) is 4.90 Å². The van der Waals surface area contributed by atoms with Crippen LogP contribution in [0.15, 0.2) is 53.6 Å². The van der Waals surface area contributed by atoms with Gasteiger partial charge < -0.3 is 14.8 Å². The number of thioether (sulfide) groups is 1. The van der Waals surface area contributed by atoms with Crippen molar-refractivity contribution in [3.05, 3.63) is 75.8 Å². The van der Waals surface area contributed by atoms with E-state index in [2.05, 4.69) is 5.32 Å². The van der Waals surface area contributed by atoms with Gasteiger partial charge in [0.15, 0.2) is 5.78 Å². The van der Waals surface area contributed by atoms with Crippen LogP contribution in [-0.2, 0) is 19.1 Å². The monoisotopic (exact) mass is 510 g/mol. The molecule has 0 bridgehead atoms. The normalized spacial score (nSPS) is 14.0. The number of ketones is 1. The molecule has 9 nitrogen and oxygen atoms in total. The summed E-state index contributed by atoms with van der Waals surface area (Å²) in [5.74, 6) is -2.37. The molecule has 1 aliphatic rings. The Balaban J connectivity index is 1.80. The molecule has 0 aliphatic carbocycles. The minimum absolute atomic E-state index is 0.0647. The highest BCUT2D eigenvalue weighted by Crippen LogP contribution is 2.29. The third-order valence-electron chi connectivity index (χ3n) is 5.12. The Kier molecular flexibility index (Phi) is 9.02. The fourth-order valence-corrected chi connectivity index (χ4v) is 4.39. The molecular weight excluding hydrogens is 484 g/mol. The first-order chi connectivity index (χ1) is 17.2. The number of anilines is 1. The van der Waals surface area contributed by atoms with Crippen LogP contribution in [0.5, 0.6) is 0 Å². The number of carbonyl (C=O) groups excluding carboxylic acids is 5. The number of rotatable bonds is 9. The molecule has 1 heterocycles. The largest absolute Gasteiger partial charge is 0.462 e. The Morgan fingerprint density at radius 1 is 1.00 bits per heavy atom.